The molecule has 4 nitrogen and oxygen atoms in total. The van der Waals surface area contributed by atoms with Gasteiger partial charge in [0.2, 0.25) is 0 Å². The lowest BCUT2D eigenvalue weighted by Gasteiger charge is -2.25. The SMILES string of the molecule is Cc1ccc(N(CC(=O)O)C(=O)C(F)(F)C(F)F)cc1. The molecule has 0 spiro atoms. The minimum atomic E-state index is -4.94. The van der Waals surface area contributed by atoms with Crippen LogP contribution in [0.3, 0.4) is 0 Å². The number of benzene rings is 1. The Morgan fingerprint density at radius 2 is 1.75 bits per heavy atom. The van der Waals surface area contributed by atoms with Crippen molar-refractivity contribution in [2.45, 2.75) is 19.3 Å². The maximum absolute atomic E-state index is 13.1. The molecule has 8 heteroatoms. The summed E-state index contributed by atoms with van der Waals surface area (Å²) < 4.78 is 50.5. The lowest BCUT2D eigenvalue weighted by atomic mass is 10.2. The van der Waals surface area contributed by atoms with Crippen LogP contribution in [0.15, 0.2) is 24.3 Å². The molecule has 1 aromatic rings. The van der Waals surface area contributed by atoms with E-state index in [-0.39, 0.29) is 10.6 Å². The Hall–Kier alpha value is -2.12. The highest BCUT2D eigenvalue weighted by atomic mass is 19.3. The number of carboxylic acids is 1. The molecule has 110 valence electrons. The van der Waals surface area contributed by atoms with Gasteiger partial charge in [0.1, 0.15) is 6.54 Å². The number of halogens is 4. The number of anilines is 1. The first-order valence-electron chi connectivity index (χ1n) is 5.42. The van der Waals surface area contributed by atoms with E-state index in [9.17, 15) is 27.2 Å². The van der Waals surface area contributed by atoms with Crippen molar-refractivity contribution in [3.8, 4) is 0 Å². The summed E-state index contributed by atoms with van der Waals surface area (Å²) in [5.41, 5.74) is 0.542. The first-order chi connectivity index (χ1) is 9.16. The van der Waals surface area contributed by atoms with Crippen molar-refractivity contribution in [1.29, 1.82) is 0 Å². The standard InChI is InChI=1S/C12H11F4NO3/c1-7-2-4-8(5-3-7)17(6-9(18)19)11(20)12(15,16)10(13)14/h2-5,10H,6H2,1H3,(H,18,19). The molecule has 0 atom stereocenters. The lowest BCUT2D eigenvalue weighted by Crippen LogP contribution is -2.49. The van der Waals surface area contributed by atoms with Crippen LogP contribution in [-0.4, -0.2) is 35.9 Å². The van der Waals surface area contributed by atoms with Crippen LogP contribution in [0, 0.1) is 6.92 Å². The highest BCUT2D eigenvalue weighted by Crippen LogP contribution is 2.28. The van der Waals surface area contributed by atoms with Crippen molar-refractivity contribution in [3.63, 3.8) is 0 Å². The summed E-state index contributed by atoms with van der Waals surface area (Å²) in [6.07, 6.45) is -4.21. The smallest absolute Gasteiger partial charge is 0.384 e. The number of aryl methyl sites for hydroxylation is 1. The predicted molar refractivity (Wildman–Crippen MR) is 62.1 cm³/mol. The third kappa shape index (κ3) is 3.46. The fourth-order valence-corrected chi connectivity index (χ4v) is 1.41. The van der Waals surface area contributed by atoms with Gasteiger partial charge in [0.25, 0.3) is 0 Å². The average molecular weight is 293 g/mol. The number of hydrogen-bond donors (Lipinski definition) is 1. The van der Waals surface area contributed by atoms with Gasteiger partial charge in [-0.2, -0.15) is 8.78 Å². The fraction of sp³-hybridized carbons (Fsp3) is 0.333. The topological polar surface area (TPSA) is 57.6 Å². The molecule has 1 N–H and O–H groups in total. The van der Waals surface area contributed by atoms with Gasteiger partial charge in [-0.25, -0.2) is 8.78 Å². The van der Waals surface area contributed by atoms with E-state index in [0.717, 1.165) is 5.56 Å². The summed E-state index contributed by atoms with van der Waals surface area (Å²) in [6.45, 7) is 0.547. The Kier molecular flexibility index (Phi) is 4.69. The number of amides is 1. The third-order valence-corrected chi connectivity index (χ3v) is 2.44. The normalized spacial score (nSPS) is 11.5. The van der Waals surface area contributed by atoms with E-state index in [1.165, 1.54) is 24.3 Å². The van der Waals surface area contributed by atoms with E-state index in [1.807, 2.05) is 0 Å². The molecule has 0 unspecified atom stereocenters. The average Bonchev–Trinajstić information content (AvgIpc) is 2.35. The number of aliphatic carboxylic acids is 1. The predicted octanol–water partition coefficient (Wildman–Crippen LogP) is 2.31. The van der Waals surface area contributed by atoms with E-state index in [2.05, 4.69) is 0 Å². The number of hydrogen-bond acceptors (Lipinski definition) is 2. The van der Waals surface area contributed by atoms with Crippen molar-refractivity contribution < 1.29 is 32.3 Å². The minimum Gasteiger partial charge on any atom is -0.480 e. The van der Waals surface area contributed by atoms with Crippen LogP contribution in [-0.2, 0) is 9.59 Å². The first-order valence-corrected chi connectivity index (χ1v) is 5.42. The van der Waals surface area contributed by atoms with Gasteiger partial charge >= 0.3 is 24.2 Å². The number of alkyl halides is 4. The van der Waals surface area contributed by atoms with E-state index in [4.69, 9.17) is 5.11 Å². The monoisotopic (exact) mass is 293 g/mol. The molecule has 0 aliphatic rings. The number of rotatable bonds is 5. The van der Waals surface area contributed by atoms with Gasteiger partial charge in [-0.05, 0) is 19.1 Å². The number of carbonyl (C=O) groups excluding carboxylic acids is 1. The molecular weight excluding hydrogens is 282 g/mol. The molecule has 0 aliphatic carbocycles. The highest BCUT2D eigenvalue weighted by molar-refractivity contribution is 6.01. The molecule has 0 heterocycles. The molecule has 1 amide bonds. The summed E-state index contributed by atoms with van der Waals surface area (Å²) in [7, 11) is 0. The van der Waals surface area contributed by atoms with Gasteiger partial charge in [-0.15, -0.1) is 0 Å². The zero-order chi connectivity index (χ0) is 15.5. The van der Waals surface area contributed by atoms with E-state index in [1.54, 1.807) is 6.92 Å². The Bertz CT molecular complexity index is 502. The van der Waals surface area contributed by atoms with Crippen LogP contribution >= 0.6 is 0 Å². The summed E-state index contributed by atoms with van der Waals surface area (Å²) in [6, 6.07) is 5.30. The molecule has 0 aromatic heterocycles. The maximum Gasteiger partial charge on any atom is 0.384 e. The zero-order valence-corrected chi connectivity index (χ0v) is 10.3. The molecule has 0 radical (unpaired) electrons. The molecular formula is C12H11F4NO3. The van der Waals surface area contributed by atoms with Crippen molar-refractivity contribution in [2.75, 3.05) is 11.4 Å². The Morgan fingerprint density at radius 3 is 2.15 bits per heavy atom. The third-order valence-electron chi connectivity index (χ3n) is 2.44. The van der Waals surface area contributed by atoms with Gasteiger partial charge in [-0.1, -0.05) is 17.7 Å². The molecule has 0 aliphatic heterocycles. The van der Waals surface area contributed by atoms with Crippen LogP contribution in [0.2, 0.25) is 0 Å². The molecule has 0 saturated carbocycles. The number of nitrogens with zero attached hydrogens (tertiary/aromatic N) is 1. The van der Waals surface area contributed by atoms with Gasteiger partial charge < -0.3 is 5.11 Å². The summed E-state index contributed by atoms with van der Waals surface area (Å²) in [5.74, 6) is -8.79. The van der Waals surface area contributed by atoms with Gasteiger partial charge in [-0.3, -0.25) is 14.5 Å². The second-order valence-corrected chi connectivity index (χ2v) is 4.04. The zero-order valence-electron chi connectivity index (χ0n) is 10.3. The van der Waals surface area contributed by atoms with Crippen LogP contribution in [0.4, 0.5) is 23.2 Å². The van der Waals surface area contributed by atoms with Crippen LogP contribution < -0.4 is 4.90 Å². The van der Waals surface area contributed by atoms with Crippen LogP contribution in [0.25, 0.3) is 0 Å². The second kappa shape index (κ2) is 5.89. The fourth-order valence-electron chi connectivity index (χ4n) is 1.41. The van der Waals surface area contributed by atoms with Gasteiger partial charge in [0.05, 0.1) is 0 Å². The lowest BCUT2D eigenvalue weighted by molar-refractivity contribution is -0.167. The van der Waals surface area contributed by atoms with E-state index >= 15 is 0 Å². The van der Waals surface area contributed by atoms with Gasteiger partial charge in [0, 0.05) is 5.69 Å². The molecule has 0 bridgehead atoms. The quantitative estimate of drug-likeness (QED) is 0.848. The minimum absolute atomic E-state index is 0.119. The van der Waals surface area contributed by atoms with Crippen molar-refractivity contribution >= 4 is 17.6 Å². The van der Waals surface area contributed by atoms with Crippen molar-refractivity contribution in [2.24, 2.45) is 0 Å². The molecule has 0 saturated heterocycles. The maximum atomic E-state index is 13.1. The largest absolute Gasteiger partial charge is 0.480 e. The van der Waals surface area contributed by atoms with E-state index < -0.39 is 30.8 Å². The Morgan fingerprint density at radius 1 is 1.25 bits per heavy atom. The van der Waals surface area contributed by atoms with E-state index in [0.29, 0.717) is 0 Å². The summed E-state index contributed by atoms with van der Waals surface area (Å²) in [4.78, 5) is 22.2. The van der Waals surface area contributed by atoms with Crippen LogP contribution in [0.1, 0.15) is 5.56 Å². The highest BCUT2D eigenvalue weighted by Gasteiger charge is 2.51. The van der Waals surface area contributed by atoms with Crippen molar-refractivity contribution in [3.05, 3.63) is 29.8 Å². The molecule has 0 fully saturated rings. The molecule has 1 aromatic carbocycles. The Labute approximate surface area is 111 Å². The summed E-state index contributed by atoms with van der Waals surface area (Å²) in [5, 5.41) is 8.63. The number of carbonyl (C=O) groups is 2. The first kappa shape index (κ1) is 15.9. The second-order valence-electron chi connectivity index (χ2n) is 4.04. The summed E-state index contributed by atoms with van der Waals surface area (Å²) >= 11 is 0. The Balaban J connectivity index is 3.16. The molecule has 1 rings (SSSR count). The van der Waals surface area contributed by atoms with Crippen LogP contribution in [0.5, 0.6) is 0 Å². The molecule has 20 heavy (non-hydrogen) atoms. The van der Waals surface area contributed by atoms with Gasteiger partial charge in [0.15, 0.2) is 0 Å². The van der Waals surface area contributed by atoms with Crippen molar-refractivity contribution in [1.82, 2.24) is 0 Å². The number of carboxylic acid groups (broad SMARTS) is 1.